The van der Waals surface area contributed by atoms with Crippen molar-refractivity contribution in [1.82, 2.24) is 9.55 Å². The Morgan fingerprint density at radius 3 is 2.48 bits per heavy atom. The van der Waals surface area contributed by atoms with Gasteiger partial charge in [-0.3, -0.25) is 0 Å². The Morgan fingerprint density at radius 2 is 1.86 bits per heavy atom. The molecule has 0 spiro atoms. The zero-order valence-electron chi connectivity index (χ0n) is 12.5. The van der Waals surface area contributed by atoms with E-state index in [-0.39, 0.29) is 5.82 Å². The Labute approximate surface area is 135 Å². The summed E-state index contributed by atoms with van der Waals surface area (Å²) in [6.45, 7) is 3.80. The number of nitrogens with zero attached hydrogens (tertiary/aromatic N) is 1. The average molecular weight is 324 g/mol. The molecule has 1 fully saturated rings. The van der Waals surface area contributed by atoms with Crippen molar-refractivity contribution in [3.05, 3.63) is 28.8 Å². The molecule has 5 heteroatoms. The molecule has 21 heavy (non-hydrogen) atoms. The van der Waals surface area contributed by atoms with Gasteiger partial charge in [0.25, 0.3) is 0 Å². The smallest absolute Gasteiger partial charge is 0.178 e. The van der Waals surface area contributed by atoms with Gasteiger partial charge < -0.3 is 9.55 Å². The number of halogens is 1. The average Bonchev–Trinajstić information content (AvgIpc) is 2.74. The van der Waals surface area contributed by atoms with Crippen molar-refractivity contribution in [1.29, 1.82) is 0 Å². The minimum Gasteiger partial charge on any atom is -0.330 e. The minimum atomic E-state index is -0.218. The normalized spacial score (nSPS) is 15.6. The summed E-state index contributed by atoms with van der Waals surface area (Å²) in [5.74, 6) is -0.218. The summed E-state index contributed by atoms with van der Waals surface area (Å²) in [6, 6.07) is 5.33. The van der Waals surface area contributed by atoms with Crippen LogP contribution < -0.4 is 0 Å². The minimum absolute atomic E-state index is 0.218. The topological polar surface area (TPSA) is 20.7 Å². The number of H-pyrrole nitrogens is 1. The van der Waals surface area contributed by atoms with Crippen LogP contribution in [-0.4, -0.2) is 14.4 Å². The Bertz CT molecular complexity index is 677. The fourth-order valence-electron chi connectivity index (χ4n) is 2.81. The van der Waals surface area contributed by atoms with Crippen molar-refractivity contribution >= 4 is 40.3 Å². The number of nitrogens with one attached hydrogen (secondary N) is 1. The number of imidazole rings is 1. The number of thiocarbonyl (C=S) groups is 1. The van der Waals surface area contributed by atoms with Gasteiger partial charge in [0.15, 0.2) is 4.77 Å². The highest BCUT2D eigenvalue weighted by Gasteiger charge is 2.18. The molecule has 0 saturated heterocycles. The summed E-state index contributed by atoms with van der Waals surface area (Å²) in [7, 11) is 0. The van der Waals surface area contributed by atoms with E-state index in [0.717, 1.165) is 20.7 Å². The van der Waals surface area contributed by atoms with Gasteiger partial charge in [0.05, 0.1) is 11.0 Å². The second-order valence-electron chi connectivity index (χ2n) is 5.66. The number of fused-ring (bicyclic) bond motifs is 1. The maximum absolute atomic E-state index is 13.2. The summed E-state index contributed by atoms with van der Waals surface area (Å²) in [5.41, 5.74) is 1.84. The first-order valence-electron chi connectivity index (χ1n) is 7.36. The van der Waals surface area contributed by atoms with Gasteiger partial charge >= 0.3 is 0 Å². The van der Waals surface area contributed by atoms with Crippen LogP contribution in [0.1, 0.15) is 52.0 Å². The summed E-state index contributed by atoms with van der Waals surface area (Å²) in [6.07, 6.45) is 6.21. The van der Waals surface area contributed by atoms with Gasteiger partial charge in [-0.2, -0.15) is 0 Å². The van der Waals surface area contributed by atoms with Gasteiger partial charge in [-0.05, 0) is 62.0 Å². The number of benzene rings is 1. The second-order valence-corrected chi connectivity index (χ2v) is 6.86. The van der Waals surface area contributed by atoms with Crippen LogP contribution in [0.2, 0.25) is 0 Å². The fraction of sp³-hybridized carbons (Fsp3) is 0.500. The molecule has 0 unspecified atom stereocenters. The molecule has 1 aromatic carbocycles. The van der Waals surface area contributed by atoms with E-state index in [1.54, 1.807) is 0 Å². The van der Waals surface area contributed by atoms with E-state index in [1.165, 1.54) is 44.2 Å². The molecule has 0 aliphatic heterocycles. The van der Waals surface area contributed by atoms with Gasteiger partial charge in [0, 0.05) is 6.04 Å². The molecule has 0 atom stereocenters. The number of hydrogen-bond acceptors (Lipinski definition) is 2. The van der Waals surface area contributed by atoms with E-state index in [0.29, 0.717) is 6.04 Å². The molecule has 1 heterocycles. The molecular weight excluding hydrogens is 303 g/mol. The Morgan fingerprint density at radius 1 is 1.24 bits per heavy atom. The molecule has 0 radical (unpaired) electrons. The largest absolute Gasteiger partial charge is 0.330 e. The number of aromatic nitrogens is 2. The van der Waals surface area contributed by atoms with Crippen LogP contribution in [-0.2, 0) is 0 Å². The van der Waals surface area contributed by atoms with E-state index in [4.69, 9.17) is 12.2 Å². The Balaban J connectivity index is 0.000000361. The summed E-state index contributed by atoms with van der Waals surface area (Å²) in [4.78, 5) is 4.10. The third kappa shape index (κ3) is 4.20. The monoisotopic (exact) mass is 324 g/mol. The van der Waals surface area contributed by atoms with Crippen LogP contribution in [0.5, 0.6) is 0 Å². The molecule has 1 N–H and O–H groups in total. The van der Waals surface area contributed by atoms with Gasteiger partial charge in [-0.25, -0.2) is 4.39 Å². The number of hydrogen-bond donors (Lipinski definition) is 1. The SMILES string of the molecule is CC(C)=S.Fc1ccc2c(c1)[nH]c(=S)n2C1CCCCC1. The van der Waals surface area contributed by atoms with Gasteiger partial charge in [0.1, 0.15) is 5.82 Å². The summed E-state index contributed by atoms with van der Waals surface area (Å²) in [5, 5.41) is 0. The van der Waals surface area contributed by atoms with Crippen LogP contribution in [0.15, 0.2) is 18.2 Å². The van der Waals surface area contributed by atoms with Crippen LogP contribution in [0.25, 0.3) is 11.0 Å². The van der Waals surface area contributed by atoms with Crippen molar-refractivity contribution in [3.8, 4) is 0 Å². The van der Waals surface area contributed by atoms with Crippen molar-refractivity contribution < 1.29 is 4.39 Å². The highest BCUT2D eigenvalue weighted by Crippen LogP contribution is 2.31. The zero-order valence-corrected chi connectivity index (χ0v) is 14.1. The second kappa shape index (κ2) is 7.27. The molecule has 2 aromatic rings. The van der Waals surface area contributed by atoms with Crippen molar-refractivity contribution in [2.24, 2.45) is 0 Å². The lowest BCUT2D eigenvalue weighted by Crippen LogP contribution is -2.12. The number of rotatable bonds is 1. The van der Waals surface area contributed by atoms with Crippen LogP contribution >= 0.6 is 24.4 Å². The first-order chi connectivity index (χ1) is 9.99. The molecule has 1 aliphatic rings. The van der Waals surface area contributed by atoms with E-state index < -0.39 is 0 Å². The first kappa shape index (κ1) is 16.3. The molecule has 1 aliphatic carbocycles. The van der Waals surface area contributed by atoms with Gasteiger partial charge in [-0.15, -0.1) is 0 Å². The third-order valence-electron chi connectivity index (χ3n) is 3.62. The molecule has 1 saturated carbocycles. The lowest BCUT2D eigenvalue weighted by atomic mass is 9.95. The Hall–Kier alpha value is -1.07. The third-order valence-corrected chi connectivity index (χ3v) is 3.92. The first-order valence-corrected chi connectivity index (χ1v) is 8.17. The quantitative estimate of drug-likeness (QED) is 0.675. The highest BCUT2D eigenvalue weighted by atomic mass is 32.1. The van der Waals surface area contributed by atoms with Crippen LogP contribution in [0.3, 0.4) is 0 Å². The standard InChI is InChI=1S/C13H15FN2S.C3H6S/c14-9-6-7-12-11(8-9)15-13(17)16(12)10-4-2-1-3-5-10;1-3(2)4/h6-8,10H,1-5H2,(H,15,17);1-2H3. The van der Waals surface area contributed by atoms with Crippen LogP contribution in [0, 0.1) is 10.6 Å². The predicted octanol–water partition coefficient (Wildman–Crippen LogP) is 5.74. The highest BCUT2D eigenvalue weighted by molar-refractivity contribution is 7.80. The van der Waals surface area contributed by atoms with E-state index >= 15 is 0 Å². The van der Waals surface area contributed by atoms with Crippen LogP contribution in [0.4, 0.5) is 4.39 Å². The maximum atomic E-state index is 13.2. The molecule has 2 nitrogen and oxygen atoms in total. The Kier molecular flexibility index (Phi) is 5.65. The fourth-order valence-corrected chi connectivity index (χ4v) is 3.16. The van der Waals surface area contributed by atoms with Gasteiger partial charge in [-0.1, -0.05) is 31.5 Å². The summed E-state index contributed by atoms with van der Waals surface area (Å²) >= 11 is 9.90. The summed E-state index contributed by atoms with van der Waals surface area (Å²) < 4.78 is 16.0. The van der Waals surface area contributed by atoms with E-state index in [2.05, 4.69) is 21.8 Å². The van der Waals surface area contributed by atoms with Crippen molar-refractivity contribution in [3.63, 3.8) is 0 Å². The zero-order chi connectivity index (χ0) is 15.4. The predicted molar refractivity (Wildman–Crippen MR) is 93.1 cm³/mol. The molecule has 0 amide bonds. The molecule has 0 bridgehead atoms. The van der Waals surface area contributed by atoms with E-state index in [1.807, 2.05) is 19.9 Å². The molecule has 1 aromatic heterocycles. The molecule has 3 rings (SSSR count). The number of aromatic amines is 1. The molecule has 114 valence electrons. The lowest BCUT2D eigenvalue weighted by Gasteiger charge is -2.23. The maximum Gasteiger partial charge on any atom is 0.178 e. The van der Waals surface area contributed by atoms with E-state index in [9.17, 15) is 4.39 Å². The van der Waals surface area contributed by atoms with Crippen molar-refractivity contribution in [2.75, 3.05) is 0 Å². The lowest BCUT2D eigenvalue weighted by molar-refractivity contribution is 0.357. The molecular formula is C16H21FN2S2. The van der Waals surface area contributed by atoms with Crippen molar-refractivity contribution in [2.45, 2.75) is 52.0 Å². The van der Waals surface area contributed by atoms with Gasteiger partial charge in [0.2, 0.25) is 0 Å².